The van der Waals surface area contributed by atoms with Crippen LogP contribution in [0, 0.1) is 0 Å². The Morgan fingerprint density at radius 1 is 1.00 bits per heavy atom. The van der Waals surface area contributed by atoms with E-state index in [1.807, 2.05) is 36.4 Å². The molecular weight excluding hydrogens is 376 g/mol. The van der Waals surface area contributed by atoms with Crippen molar-refractivity contribution < 1.29 is 14.1 Å². The van der Waals surface area contributed by atoms with Crippen molar-refractivity contribution in [3.63, 3.8) is 0 Å². The molecular formula is C25H25N2O3+. The normalized spacial score (nSPS) is 15.0. The fraction of sp³-hybridized carbons (Fsp3) is 0.240. The van der Waals surface area contributed by atoms with Gasteiger partial charge in [0.25, 0.3) is 0 Å². The van der Waals surface area contributed by atoms with Gasteiger partial charge in [-0.15, -0.1) is 0 Å². The van der Waals surface area contributed by atoms with Crippen LogP contribution in [0.25, 0.3) is 21.7 Å². The number of anilines is 1. The topological polar surface area (TPSA) is 47.1 Å². The number of methoxy groups -OCH3 is 1. The van der Waals surface area contributed by atoms with Crippen LogP contribution in [0.5, 0.6) is 5.75 Å². The Balaban J connectivity index is 1.40. The summed E-state index contributed by atoms with van der Waals surface area (Å²) in [6.45, 7) is 4.81. The second-order valence-corrected chi connectivity index (χ2v) is 7.87. The van der Waals surface area contributed by atoms with Crippen LogP contribution in [-0.2, 0) is 6.54 Å². The maximum Gasteiger partial charge on any atom is 0.336 e. The largest absolute Gasteiger partial charge is 0.497 e. The first-order valence-electron chi connectivity index (χ1n) is 10.4. The van der Waals surface area contributed by atoms with Crippen molar-refractivity contribution in [3.05, 3.63) is 82.7 Å². The minimum atomic E-state index is -0.276. The van der Waals surface area contributed by atoms with Gasteiger partial charge < -0.3 is 19.0 Å². The summed E-state index contributed by atoms with van der Waals surface area (Å²) in [5.74, 6) is 0.886. The minimum absolute atomic E-state index is 0.276. The van der Waals surface area contributed by atoms with E-state index in [1.54, 1.807) is 13.2 Å². The molecule has 0 unspecified atom stereocenters. The average molecular weight is 401 g/mol. The molecule has 0 spiro atoms. The average Bonchev–Trinajstić information content (AvgIpc) is 2.79. The lowest BCUT2D eigenvalue weighted by molar-refractivity contribution is -0.914. The molecule has 4 aromatic rings. The highest BCUT2D eigenvalue weighted by Crippen LogP contribution is 2.27. The zero-order valence-corrected chi connectivity index (χ0v) is 17.1. The first-order chi connectivity index (χ1) is 14.7. The van der Waals surface area contributed by atoms with E-state index in [4.69, 9.17) is 9.15 Å². The molecule has 0 aliphatic carbocycles. The van der Waals surface area contributed by atoms with Crippen molar-refractivity contribution in [1.82, 2.24) is 0 Å². The number of nitrogens with one attached hydrogen (secondary N) is 1. The summed E-state index contributed by atoms with van der Waals surface area (Å²) in [5, 5.41) is 3.37. The lowest BCUT2D eigenvalue weighted by atomic mass is 10.0. The number of nitrogens with zero attached hydrogens (tertiary/aromatic N) is 1. The highest BCUT2D eigenvalue weighted by molar-refractivity contribution is 6.06. The molecule has 0 atom stereocenters. The van der Waals surface area contributed by atoms with Gasteiger partial charge in [-0.05, 0) is 29.0 Å². The number of ether oxygens (including phenoxy) is 1. The summed E-state index contributed by atoms with van der Waals surface area (Å²) in [6.07, 6.45) is 0. The Morgan fingerprint density at radius 2 is 1.83 bits per heavy atom. The number of piperazine rings is 1. The SMILES string of the molecule is COc1cccc(N2CC[NH+](Cc3cc(=O)oc4ccc5ccccc5c34)CC2)c1. The quantitative estimate of drug-likeness (QED) is 0.422. The number of rotatable bonds is 4. The molecule has 5 rings (SSSR count). The molecule has 1 N–H and O–H groups in total. The highest BCUT2D eigenvalue weighted by Gasteiger charge is 2.22. The third-order valence-corrected chi connectivity index (χ3v) is 6.04. The van der Waals surface area contributed by atoms with Gasteiger partial charge in [0.1, 0.15) is 17.9 Å². The van der Waals surface area contributed by atoms with Gasteiger partial charge in [0.05, 0.1) is 33.3 Å². The predicted octanol–water partition coefficient (Wildman–Crippen LogP) is 2.86. The van der Waals surface area contributed by atoms with E-state index < -0.39 is 0 Å². The van der Waals surface area contributed by atoms with E-state index in [1.165, 1.54) is 10.6 Å². The van der Waals surface area contributed by atoms with E-state index in [2.05, 4.69) is 29.2 Å². The molecule has 30 heavy (non-hydrogen) atoms. The van der Waals surface area contributed by atoms with E-state index >= 15 is 0 Å². The van der Waals surface area contributed by atoms with Crippen LogP contribution in [0.15, 0.2) is 75.9 Å². The number of hydrogen-bond donors (Lipinski definition) is 1. The van der Waals surface area contributed by atoms with E-state index in [-0.39, 0.29) is 5.63 Å². The van der Waals surface area contributed by atoms with Crippen molar-refractivity contribution in [2.24, 2.45) is 0 Å². The third-order valence-electron chi connectivity index (χ3n) is 6.04. The van der Waals surface area contributed by atoms with E-state index in [9.17, 15) is 4.79 Å². The summed E-state index contributed by atoms with van der Waals surface area (Å²) in [4.78, 5) is 16.1. The van der Waals surface area contributed by atoms with Gasteiger partial charge in [-0.25, -0.2) is 4.79 Å². The summed E-state index contributed by atoms with van der Waals surface area (Å²) in [6, 6.07) is 22.1. The molecule has 1 saturated heterocycles. The molecule has 5 nitrogen and oxygen atoms in total. The Labute approximate surface area is 175 Å². The molecule has 1 fully saturated rings. The van der Waals surface area contributed by atoms with Gasteiger partial charge in [0.2, 0.25) is 0 Å². The molecule has 0 bridgehead atoms. The Morgan fingerprint density at radius 3 is 2.67 bits per heavy atom. The summed E-state index contributed by atoms with van der Waals surface area (Å²) < 4.78 is 10.9. The highest BCUT2D eigenvalue weighted by atomic mass is 16.5. The summed E-state index contributed by atoms with van der Waals surface area (Å²) >= 11 is 0. The van der Waals surface area contributed by atoms with Gasteiger partial charge in [-0.3, -0.25) is 0 Å². The molecule has 0 radical (unpaired) electrons. The predicted molar refractivity (Wildman–Crippen MR) is 120 cm³/mol. The zero-order valence-electron chi connectivity index (χ0n) is 17.1. The van der Waals surface area contributed by atoms with Gasteiger partial charge in [-0.2, -0.15) is 0 Å². The maximum atomic E-state index is 12.2. The first kappa shape index (κ1) is 18.7. The van der Waals surface area contributed by atoms with Gasteiger partial charge in [-0.1, -0.05) is 36.4 Å². The molecule has 1 aliphatic rings. The van der Waals surface area contributed by atoms with Crippen LogP contribution < -0.4 is 20.2 Å². The Kier molecular flexibility index (Phi) is 4.89. The summed E-state index contributed by atoms with van der Waals surface area (Å²) in [7, 11) is 1.70. The molecule has 0 saturated carbocycles. The smallest absolute Gasteiger partial charge is 0.336 e. The fourth-order valence-electron chi connectivity index (χ4n) is 4.49. The van der Waals surface area contributed by atoms with Crippen molar-refractivity contribution >= 4 is 27.4 Å². The second kappa shape index (κ2) is 7.84. The van der Waals surface area contributed by atoms with Gasteiger partial charge in [0, 0.05) is 28.8 Å². The van der Waals surface area contributed by atoms with Crippen LogP contribution in [0.1, 0.15) is 5.56 Å². The van der Waals surface area contributed by atoms with Gasteiger partial charge in [0.15, 0.2) is 0 Å². The Bertz CT molecular complexity index is 1260. The molecule has 0 amide bonds. The van der Waals surface area contributed by atoms with Crippen LogP contribution in [0.2, 0.25) is 0 Å². The van der Waals surface area contributed by atoms with Crippen molar-refractivity contribution in [1.29, 1.82) is 0 Å². The van der Waals surface area contributed by atoms with Crippen molar-refractivity contribution in [3.8, 4) is 5.75 Å². The molecule has 5 heteroatoms. The first-order valence-corrected chi connectivity index (χ1v) is 10.4. The van der Waals surface area contributed by atoms with Crippen LogP contribution in [-0.4, -0.2) is 33.3 Å². The molecule has 2 heterocycles. The monoisotopic (exact) mass is 401 g/mol. The number of quaternary nitrogens is 1. The standard InChI is InChI=1S/C25H24N2O3/c1-29-21-7-4-6-20(16-21)27-13-11-26(12-14-27)17-19-15-24(28)30-23-10-9-18-5-2-3-8-22(18)25(19)23/h2-10,15-16H,11-14,17H2,1H3/p+1. The number of hydrogen-bond acceptors (Lipinski definition) is 4. The lowest BCUT2D eigenvalue weighted by Gasteiger charge is -2.34. The fourth-order valence-corrected chi connectivity index (χ4v) is 4.49. The third kappa shape index (κ3) is 3.53. The van der Waals surface area contributed by atoms with Crippen molar-refractivity contribution in [2.75, 3.05) is 38.2 Å². The molecule has 1 aliphatic heterocycles. The molecule has 3 aromatic carbocycles. The van der Waals surface area contributed by atoms with Crippen LogP contribution in [0.4, 0.5) is 5.69 Å². The molecule has 1 aromatic heterocycles. The number of benzene rings is 3. The van der Waals surface area contributed by atoms with Crippen LogP contribution in [0.3, 0.4) is 0 Å². The maximum absolute atomic E-state index is 12.2. The zero-order chi connectivity index (χ0) is 20.5. The van der Waals surface area contributed by atoms with Crippen molar-refractivity contribution in [2.45, 2.75) is 6.54 Å². The minimum Gasteiger partial charge on any atom is -0.497 e. The lowest BCUT2D eigenvalue weighted by Crippen LogP contribution is -3.13. The Hall–Kier alpha value is -3.31. The van der Waals surface area contributed by atoms with E-state index in [0.717, 1.165) is 60.2 Å². The van der Waals surface area contributed by atoms with Gasteiger partial charge >= 0.3 is 5.63 Å². The second-order valence-electron chi connectivity index (χ2n) is 7.87. The number of fused-ring (bicyclic) bond motifs is 3. The summed E-state index contributed by atoms with van der Waals surface area (Å²) in [5.41, 5.74) is 2.67. The molecule has 152 valence electrons. The van der Waals surface area contributed by atoms with E-state index in [0.29, 0.717) is 5.58 Å². The van der Waals surface area contributed by atoms with Crippen LogP contribution >= 0.6 is 0 Å².